The molecule has 2 heterocycles. The lowest BCUT2D eigenvalue weighted by Gasteiger charge is -2.28. The number of aromatic nitrogens is 4. The number of allylic oxidation sites excluding steroid dienone is 1. The number of rotatable bonds is 6. The van der Waals surface area contributed by atoms with Crippen LogP contribution in [0.3, 0.4) is 0 Å². The molecule has 36 heavy (non-hydrogen) atoms. The molecule has 1 aliphatic rings. The lowest BCUT2D eigenvalue weighted by Crippen LogP contribution is -2.31. The van der Waals surface area contributed by atoms with Crippen molar-refractivity contribution in [3.8, 4) is 11.5 Å². The van der Waals surface area contributed by atoms with Crippen molar-refractivity contribution < 1.29 is 19.1 Å². The third-order valence-corrected chi connectivity index (χ3v) is 5.71. The number of ether oxygens (including phenoxy) is 2. The van der Waals surface area contributed by atoms with Crippen LogP contribution in [0.1, 0.15) is 28.9 Å². The first kappa shape index (κ1) is 22.8. The van der Waals surface area contributed by atoms with Gasteiger partial charge < -0.3 is 20.1 Å². The molecule has 1 amide bonds. The Morgan fingerprint density at radius 2 is 1.69 bits per heavy atom. The van der Waals surface area contributed by atoms with Crippen LogP contribution < -0.4 is 20.1 Å². The number of nitrogens with one attached hydrogen (secondary N) is 2. The van der Waals surface area contributed by atoms with E-state index in [4.69, 9.17) is 9.47 Å². The molecule has 0 spiro atoms. The molecule has 0 aliphatic carbocycles. The van der Waals surface area contributed by atoms with Crippen LogP contribution in [0.15, 0.2) is 90.1 Å². The van der Waals surface area contributed by atoms with E-state index in [2.05, 4.69) is 26.2 Å². The molecule has 5 rings (SSSR count). The number of hydrogen-bond donors (Lipinski definition) is 2. The topological polar surface area (TPSA) is 120 Å². The smallest absolute Gasteiger partial charge is 0.343 e. The van der Waals surface area contributed by atoms with E-state index in [1.807, 2.05) is 24.3 Å². The fourth-order valence-electron chi connectivity index (χ4n) is 4.01. The van der Waals surface area contributed by atoms with Gasteiger partial charge in [0.05, 0.1) is 18.2 Å². The Labute approximate surface area is 206 Å². The SMILES string of the molecule is COc1cc(C2C(C(=O)Nc3ccccc3)=C(C)Nc3nnnn32)ccc1OC(=O)c1ccccc1. The molecule has 0 radical (unpaired) electrons. The first-order valence-corrected chi connectivity index (χ1v) is 11.1. The van der Waals surface area contributed by atoms with Crippen molar-refractivity contribution in [2.24, 2.45) is 0 Å². The summed E-state index contributed by atoms with van der Waals surface area (Å²) in [5.41, 5.74) is 2.77. The molecular formula is C26H22N6O4. The molecular weight excluding hydrogens is 460 g/mol. The van der Waals surface area contributed by atoms with Crippen molar-refractivity contribution in [1.82, 2.24) is 20.2 Å². The normalized spacial score (nSPS) is 14.4. The van der Waals surface area contributed by atoms with Gasteiger partial charge in [0.25, 0.3) is 5.91 Å². The predicted octanol–water partition coefficient (Wildman–Crippen LogP) is 3.83. The molecule has 0 saturated carbocycles. The summed E-state index contributed by atoms with van der Waals surface area (Å²) in [6.07, 6.45) is 0. The van der Waals surface area contributed by atoms with Crippen molar-refractivity contribution in [3.63, 3.8) is 0 Å². The van der Waals surface area contributed by atoms with Crippen molar-refractivity contribution >= 4 is 23.5 Å². The highest BCUT2D eigenvalue weighted by atomic mass is 16.6. The Bertz CT molecular complexity index is 1450. The number of nitrogens with zero attached hydrogens (tertiary/aromatic N) is 4. The number of hydrogen-bond acceptors (Lipinski definition) is 8. The molecule has 1 aliphatic heterocycles. The van der Waals surface area contributed by atoms with Crippen LogP contribution in [0.4, 0.5) is 11.6 Å². The molecule has 1 aromatic heterocycles. The van der Waals surface area contributed by atoms with Crippen LogP contribution in [0.2, 0.25) is 0 Å². The van der Waals surface area contributed by atoms with Gasteiger partial charge in [0, 0.05) is 11.4 Å². The highest BCUT2D eigenvalue weighted by Gasteiger charge is 2.34. The summed E-state index contributed by atoms with van der Waals surface area (Å²) in [6, 6.07) is 22.3. The molecule has 0 fully saturated rings. The van der Waals surface area contributed by atoms with Gasteiger partial charge in [0.1, 0.15) is 6.04 Å². The van der Waals surface area contributed by atoms with Crippen LogP contribution >= 0.6 is 0 Å². The highest BCUT2D eigenvalue weighted by molar-refractivity contribution is 6.06. The van der Waals surface area contributed by atoms with Gasteiger partial charge >= 0.3 is 5.97 Å². The van der Waals surface area contributed by atoms with E-state index in [0.29, 0.717) is 39.8 Å². The van der Waals surface area contributed by atoms with Gasteiger partial charge in [-0.2, -0.15) is 4.68 Å². The number of methoxy groups -OCH3 is 1. The van der Waals surface area contributed by atoms with Crippen molar-refractivity contribution in [2.75, 3.05) is 17.7 Å². The summed E-state index contributed by atoms with van der Waals surface area (Å²) < 4.78 is 12.6. The minimum Gasteiger partial charge on any atom is -0.493 e. The molecule has 0 bridgehead atoms. The van der Waals surface area contributed by atoms with Gasteiger partial charge in [0.15, 0.2) is 11.5 Å². The van der Waals surface area contributed by atoms with Crippen molar-refractivity contribution in [1.29, 1.82) is 0 Å². The number of para-hydroxylation sites is 1. The number of fused-ring (bicyclic) bond motifs is 1. The van der Waals surface area contributed by atoms with Gasteiger partial charge in [-0.15, -0.1) is 0 Å². The first-order valence-electron chi connectivity index (χ1n) is 11.1. The maximum Gasteiger partial charge on any atom is 0.343 e. The zero-order valence-electron chi connectivity index (χ0n) is 19.5. The average Bonchev–Trinajstić information content (AvgIpc) is 3.37. The standard InChI is InChI=1S/C26H22N6O4/c1-16-22(24(33)28-19-11-7-4-8-12-19)23(32-26(27-16)29-30-31-32)18-13-14-20(21(15-18)35-2)36-25(34)17-9-5-3-6-10-17/h3-15,23H,1-2H3,(H,28,33)(H,27,29,31). The minimum atomic E-state index is -0.660. The molecule has 0 saturated heterocycles. The number of amides is 1. The summed E-state index contributed by atoms with van der Waals surface area (Å²) >= 11 is 0. The van der Waals surface area contributed by atoms with Gasteiger partial charge in [-0.3, -0.25) is 4.79 Å². The summed E-state index contributed by atoms with van der Waals surface area (Å²) in [5.74, 6) is 0.149. The average molecular weight is 483 g/mol. The molecule has 3 aromatic carbocycles. The van der Waals surface area contributed by atoms with E-state index in [-0.39, 0.29) is 11.7 Å². The van der Waals surface area contributed by atoms with E-state index in [1.54, 1.807) is 61.5 Å². The van der Waals surface area contributed by atoms with E-state index in [9.17, 15) is 9.59 Å². The number of esters is 1. The zero-order valence-corrected chi connectivity index (χ0v) is 19.5. The molecule has 2 N–H and O–H groups in total. The van der Waals surface area contributed by atoms with Crippen molar-refractivity contribution in [3.05, 3.63) is 101 Å². The molecule has 10 heteroatoms. The van der Waals surface area contributed by atoms with E-state index in [0.717, 1.165) is 0 Å². The number of tetrazole rings is 1. The Kier molecular flexibility index (Phi) is 6.14. The quantitative estimate of drug-likeness (QED) is 0.314. The van der Waals surface area contributed by atoms with Crippen LogP contribution in [-0.4, -0.2) is 39.2 Å². The van der Waals surface area contributed by atoms with Gasteiger partial charge in [-0.25, -0.2) is 4.79 Å². The highest BCUT2D eigenvalue weighted by Crippen LogP contribution is 2.38. The summed E-state index contributed by atoms with van der Waals surface area (Å²) in [7, 11) is 1.48. The second kappa shape index (κ2) is 9.71. The zero-order chi connectivity index (χ0) is 25.1. The number of carbonyl (C=O) groups is 2. The Morgan fingerprint density at radius 3 is 2.42 bits per heavy atom. The van der Waals surface area contributed by atoms with Crippen LogP contribution in [0.5, 0.6) is 11.5 Å². The van der Waals surface area contributed by atoms with Gasteiger partial charge in [0.2, 0.25) is 5.95 Å². The van der Waals surface area contributed by atoms with Gasteiger partial charge in [-0.1, -0.05) is 47.6 Å². The summed E-state index contributed by atoms with van der Waals surface area (Å²) in [4.78, 5) is 26.0. The predicted molar refractivity (Wildman–Crippen MR) is 132 cm³/mol. The number of carbonyl (C=O) groups excluding carboxylic acids is 2. The molecule has 1 unspecified atom stereocenters. The maximum atomic E-state index is 13.4. The van der Waals surface area contributed by atoms with Gasteiger partial charge in [-0.05, 0) is 59.3 Å². The van der Waals surface area contributed by atoms with E-state index < -0.39 is 12.0 Å². The largest absolute Gasteiger partial charge is 0.493 e. The number of benzene rings is 3. The van der Waals surface area contributed by atoms with E-state index in [1.165, 1.54) is 11.8 Å². The lowest BCUT2D eigenvalue weighted by atomic mass is 9.94. The Hall–Kier alpha value is -4.99. The fourth-order valence-corrected chi connectivity index (χ4v) is 4.01. The Morgan fingerprint density at radius 1 is 0.972 bits per heavy atom. The molecule has 1 atom stereocenters. The van der Waals surface area contributed by atoms with E-state index >= 15 is 0 Å². The number of anilines is 2. The maximum absolute atomic E-state index is 13.4. The Balaban J connectivity index is 1.50. The molecule has 4 aromatic rings. The third kappa shape index (κ3) is 4.39. The summed E-state index contributed by atoms with van der Waals surface area (Å²) in [6.45, 7) is 1.79. The van der Waals surface area contributed by atoms with Crippen molar-refractivity contribution in [2.45, 2.75) is 13.0 Å². The van der Waals surface area contributed by atoms with Crippen LogP contribution in [-0.2, 0) is 4.79 Å². The minimum absolute atomic E-state index is 0.247. The second-order valence-corrected chi connectivity index (χ2v) is 8.00. The fraction of sp³-hybridized carbons (Fsp3) is 0.115. The van der Waals surface area contributed by atoms with Crippen LogP contribution in [0.25, 0.3) is 0 Å². The third-order valence-electron chi connectivity index (χ3n) is 5.71. The molecule has 180 valence electrons. The monoisotopic (exact) mass is 482 g/mol. The summed E-state index contributed by atoms with van der Waals surface area (Å²) in [5, 5.41) is 17.9. The first-order chi connectivity index (χ1) is 17.5. The molecule has 10 nitrogen and oxygen atoms in total. The second-order valence-electron chi connectivity index (χ2n) is 8.00. The lowest BCUT2D eigenvalue weighted by molar-refractivity contribution is -0.113. The van der Waals surface area contributed by atoms with Crippen LogP contribution in [0, 0.1) is 0 Å².